The number of carbonyl (C=O) groups excluding carboxylic acids is 1. The van der Waals surface area contributed by atoms with Crippen LogP contribution < -0.4 is 0 Å². The lowest BCUT2D eigenvalue weighted by Crippen LogP contribution is -2.18. The van der Waals surface area contributed by atoms with Gasteiger partial charge in [-0.3, -0.25) is 0 Å². The molecule has 0 aromatic heterocycles. The first-order chi connectivity index (χ1) is 6.24. The quantitative estimate of drug-likeness (QED) is 0.464. The van der Waals surface area contributed by atoms with Crippen LogP contribution in [-0.2, 0) is 4.79 Å². The third kappa shape index (κ3) is 3.89. The lowest BCUT2D eigenvalue weighted by Gasteiger charge is -2.20. The largest absolute Gasteiger partial charge is 0.302 e. The van der Waals surface area contributed by atoms with Gasteiger partial charge in [-0.25, -0.2) is 0 Å². The number of hydrogen-bond donors (Lipinski definition) is 0. The Morgan fingerprint density at radius 1 is 1.46 bits per heavy atom. The first-order valence-corrected chi connectivity index (χ1v) is 4.75. The number of rotatable bonds is 6. The Labute approximate surface area is 80.3 Å². The Morgan fingerprint density at radius 2 is 2.15 bits per heavy atom. The van der Waals surface area contributed by atoms with Gasteiger partial charge in [-0.2, -0.15) is 5.26 Å². The SMILES string of the molecule is CC/C=C/C(C=O)(CC)CCC#N. The molecule has 0 rings (SSSR count). The Morgan fingerprint density at radius 3 is 2.54 bits per heavy atom. The van der Waals surface area contributed by atoms with Gasteiger partial charge in [0.2, 0.25) is 0 Å². The first-order valence-electron chi connectivity index (χ1n) is 4.75. The number of nitriles is 1. The Hall–Kier alpha value is -1.10. The number of allylic oxidation sites excluding steroid dienone is 2. The Kier molecular flexibility index (Phi) is 5.88. The summed E-state index contributed by atoms with van der Waals surface area (Å²) in [5.74, 6) is 0. The summed E-state index contributed by atoms with van der Waals surface area (Å²) >= 11 is 0. The summed E-state index contributed by atoms with van der Waals surface area (Å²) in [5, 5.41) is 8.46. The molecule has 0 saturated heterocycles. The third-order valence-electron chi connectivity index (χ3n) is 2.28. The van der Waals surface area contributed by atoms with Crippen molar-refractivity contribution in [2.75, 3.05) is 0 Å². The minimum Gasteiger partial charge on any atom is -0.302 e. The van der Waals surface area contributed by atoms with E-state index in [1.165, 1.54) is 0 Å². The van der Waals surface area contributed by atoms with Crippen LogP contribution >= 0.6 is 0 Å². The molecule has 72 valence electrons. The summed E-state index contributed by atoms with van der Waals surface area (Å²) in [6.07, 6.45) is 7.70. The molecule has 0 fully saturated rings. The molecule has 0 saturated carbocycles. The topological polar surface area (TPSA) is 40.9 Å². The molecule has 0 aliphatic heterocycles. The van der Waals surface area contributed by atoms with E-state index in [-0.39, 0.29) is 0 Å². The van der Waals surface area contributed by atoms with E-state index in [2.05, 4.69) is 6.07 Å². The smallest absolute Gasteiger partial charge is 0.129 e. The number of nitrogens with zero attached hydrogens (tertiary/aromatic N) is 1. The van der Waals surface area contributed by atoms with Crippen molar-refractivity contribution in [3.63, 3.8) is 0 Å². The zero-order valence-corrected chi connectivity index (χ0v) is 8.42. The fourth-order valence-corrected chi connectivity index (χ4v) is 1.20. The highest BCUT2D eigenvalue weighted by Crippen LogP contribution is 2.27. The van der Waals surface area contributed by atoms with E-state index >= 15 is 0 Å². The van der Waals surface area contributed by atoms with Crippen molar-refractivity contribution in [3.05, 3.63) is 12.2 Å². The van der Waals surface area contributed by atoms with Crippen molar-refractivity contribution in [3.8, 4) is 6.07 Å². The van der Waals surface area contributed by atoms with Gasteiger partial charge in [0.25, 0.3) is 0 Å². The highest BCUT2D eigenvalue weighted by atomic mass is 16.1. The molecule has 0 aliphatic carbocycles. The van der Waals surface area contributed by atoms with Gasteiger partial charge in [0.1, 0.15) is 6.29 Å². The van der Waals surface area contributed by atoms with Gasteiger partial charge < -0.3 is 4.79 Å². The zero-order chi connectivity index (χ0) is 10.2. The summed E-state index contributed by atoms with van der Waals surface area (Å²) in [6, 6.07) is 2.08. The monoisotopic (exact) mass is 179 g/mol. The fraction of sp³-hybridized carbons (Fsp3) is 0.636. The van der Waals surface area contributed by atoms with Gasteiger partial charge in [-0.15, -0.1) is 0 Å². The first kappa shape index (κ1) is 11.9. The van der Waals surface area contributed by atoms with Crippen molar-refractivity contribution in [1.82, 2.24) is 0 Å². The molecule has 0 N–H and O–H groups in total. The summed E-state index contributed by atoms with van der Waals surface area (Å²) in [4.78, 5) is 10.9. The van der Waals surface area contributed by atoms with Crippen LogP contribution in [0.3, 0.4) is 0 Å². The average Bonchev–Trinajstić information content (AvgIpc) is 2.20. The van der Waals surface area contributed by atoms with E-state index in [9.17, 15) is 4.79 Å². The highest BCUT2D eigenvalue weighted by molar-refractivity contribution is 5.62. The molecular weight excluding hydrogens is 162 g/mol. The molecule has 0 aromatic carbocycles. The maximum atomic E-state index is 10.9. The van der Waals surface area contributed by atoms with Gasteiger partial charge >= 0.3 is 0 Å². The number of carbonyl (C=O) groups is 1. The van der Waals surface area contributed by atoms with E-state index in [4.69, 9.17) is 5.26 Å². The van der Waals surface area contributed by atoms with Crippen molar-refractivity contribution in [2.24, 2.45) is 5.41 Å². The second-order valence-corrected chi connectivity index (χ2v) is 3.17. The van der Waals surface area contributed by atoms with Crippen LogP contribution in [0.5, 0.6) is 0 Å². The molecule has 1 atom stereocenters. The predicted octanol–water partition coefficient (Wildman–Crippen LogP) is 2.85. The number of hydrogen-bond acceptors (Lipinski definition) is 2. The lowest BCUT2D eigenvalue weighted by molar-refractivity contribution is -0.114. The van der Waals surface area contributed by atoms with Gasteiger partial charge in [0, 0.05) is 11.8 Å². The Balaban J connectivity index is 4.41. The molecule has 0 aliphatic rings. The van der Waals surface area contributed by atoms with E-state index in [0.29, 0.717) is 12.8 Å². The van der Waals surface area contributed by atoms with E-state index in [1.54, 1.807) is 0 Å². The molecular formula is C11H17NO. The molecule has 0 radical (unpaired) electrons. The van der Waals surface area contributed by atoms with Gasteiger partial charge in [0.15, 0.2) is 0 Å². The van der Waals surface area contributed by atoms with Gasteiger partial charge in [-0.1, -0.05) is 26.0 Å². The van der Waals surface area contributed by atoms with Crippen LogP contribution in [0, 0.1) is 16.7 Å². The van der Waals surface area contributed by atoms with Crippen LogP contribution in [0.25, 0.3) is 0 Å². The summed E-state index contributed by atoms with van der Waals surface area (Å²) in [6.45, 7) is 4.01. The predicted molar refractivity (Wildman–Crippen MR) is 53.1 cm³/mol. The summed E-state index contributed by atoms with van der Waals surface area (Å²) in [5.41, 5.74) is -0.397. The van der Waals surface area contributed by atoms with Crippen LogP contribution in [0.4, 0.5) is 0 Å². The molecule has 13 heavy (non-hydrogen) atoms. The summed E-state index contributed by atoms with van der Waals surface area (Å²) in [7, 11) is 0. The maximum Gasteiger partial charge on any atom is 0.129 e. The highest BCUT2D eigenvalue weighted by Gasteiger charge is 2.23. The van der Waals surface area contributed by atoms with Crippen molar-refractivity contribution < 1.29 is 4.79 Å². The normalized spacial score (nSPS) is 15.2. The van der Waals surface area contributed by atoms with Crippen LogP contribution in [0.1, 0.15) is 39.5 Å². The van der Waals surface area contributed by atoms with E-state index in [1.807, 2.05) is 26.0 Å². The zero-order valence-electron chi connectivity index (χ0n) is 8.42. The molecule has 2 nitrogen and oxygen atoms in total. The summed E-state index contributed by atoms with van der Waals surface area (Å²) < 4.78 is 0. The molecule has 0 spiro atoms. The third-order valence-corrected chi connectivity index (χ3v) is 2.28. The Bertz CT molecular complexity index is 215. The van der Waals surface area contributed by atoms with E-state index < -0.39 is 5.41 Å². The average molecular weight is 179 g/mol. The molecule has 0 aromatic rings. The second kappa shape index (κ2) is 6.42. The molecule has 0 heterocycles. The minimum atomic E-state index is -0.397. The van der Waals surface area contributed by atoms with Crippen LogP contribution in [-0.4, -0.2) is 6.29 Å². The van der Waals surface area contributed by atoms with Crippen LogP contribution in [0.2, 0.25) is 0 Å². The van der Waals surface area contributed by atoms with Gasteiger partial charge in [0.05, 0.1) is 6.07 Å². The van der Waals surface area contributed by atoms with Gasteiger partial charge in [-0.05, 0) is 19.3 Å². The lowest BCUT2D eigenvalue weighted by atomic mass is 9.82. The standard InChI is InChI=1S/C11H17NO/c1-3-5-7-11(4-2,10-13)8-6-9-12/h5,7,10H,3-4,6,8H2,1-2H3/b7-5+. The maximum absolute atomic E-state index is 10.9. The number of aldehydes is 1. The minimum absolute atomic E-state index is 0.397. The van der Waals surface area contributed by atoms with Crippen molar-refractivity contribution in [1.29, 1.82) is 5.26 Å². The molecule has 0 amide bonds. The molecule has 2 heteroatoms. The van der Waals surface area contributed by atoms with E-state index in [0.717, 1.165) is 19.1 Å². The van der Waals surface area contributed by atoms with Crippen LogP contribution in [0.15, 0.2) is 12.2 Å². The second-order valence-electron chi connectivity index (χ2n) is 3.17. The molecule has 0 bridgehead atoms. The van der Waals surface area contributed by atoms with Crippen molar-refractivity contribution >= 4 is 6.29 Å². The van der Waals surface area contributed by atoms with Crippen molar-refractivity contribution in [2.45, 2.75) is 39.5 Å². The molecule has 1 unspecified atom stereocenters. The fourth-order valence-electron chi connectivity index (χ4n) is 1.20.